The van der Waals surface area contributed by atoms with Crippen LogP contribution in [0.5, 0.6) is 0 Å². The number of nitrogens with one attached hydrogen (secondary N) is 1. The second kappa shape index (κ2) is 6.73. The average molecular weight is 346 g/mol. The molecule has 1 N–H and O–H groups in total. The second-order valence-corrected chi connectivity index (χ2v) is 8.33. The summed E-state index contributed by atoms with van der Waals surface area (Å²) >= 11 is 0. The number of likely N-dealkylation sites (tertiary alicyclic amines) is 1. The van der Waals surface area contributed by atoms with Crippen molar-refractivity contribution >= 4 is 23.4 Å². The minimum atomic E-state index is -0.334. The lowest BCUT2D eigenvalue weighted by Crippen LogP contribution is -2.40. The van der Waals surface area contributed by atoms with Gasteiger partial charge in [-0.15, -0.1) is 0 Å². The van der Waals surface area contributed by atoms with E-state index in [0.717, 1.165) is 38.0 Å². The van der Waals surface area contributed by atoms with Crippen molar-refractivity contribution in [1.82, 2.24) is 10.2 Å². The van der Waals surface area contributed by atoms with Gasteiger partial charge in [-0.3, -0.25) is 24.5 Å². The molecule has 0 radical (unpaired) electrons. The molecule has 0 aromatic carbocycles. The van der Waals surface area contributed by atoms with Crippen molar-refractivity contribution in [2.24, 2.45) is 11.3 Å². The maximum atomic E-state index is 12.9. The fraction of sp³-hybridized carbons (Fsp3) is 0.684. The highest BCUT2D eigenvalue weighted by Gasteiger charge is 2.39. The largest absolute Gasteiger partial charge is 0.374 e. The van der Waals surface area contributed by atoms with E-state index in [1.807, 2.05) is 0 Å². The lowest BCUT2D eigenvalue weighted by molar-refractivity contribution is -0.135. The first-order valence-corrected chi connectivity index (χ1v) is 9.12. The summed E-state index contributed by atoms with van der Waals surface area (Å²) in [6, 6.07) is 0. The van der Waals surface area contributed by atoms with Gasteiger partial charge in [0.25, 0.3) is 0 Å². The second-order valence-electron chi connectivity index (χ2n) is 8.33. The maximum absolute atomic E-state index is 12.9. The molecule has 3 rings (SSSR count). The molecule has 136 valence electrons. The van der Waals surface area contributed by atoms with Crippen LogP contribution in [-0.2, 0) is 19.2 Å². The molecular formula is C19H26N2O4. The average Bonchev–Trinajstić information content (AvgIpc) is 2.97. The van der Waals surface area contributed by atoms with E-state index in [2.05, 4.69) is 24.1 Å². The monoisotopic (exact) mass is 346 g/mol. The summed E-state index contributed by atoms with van der Waals surface area (Å²) < 4.78 is 0. The van der Waals surface area contributed by atoms with Crippen LogP contribution in [-0.4, -0.2) is 41.4 Å². The number of piperidine rings is 1. The molecule has 0 atom stereocenters. The molecule has 6 nitrogen and oxygen atoms in total. The molecule has 0 spiro atoms. The molecule has 25 heavy (non-hydrogen) atoms. The Labute approximate surface area is 148 Å². The zero-order valence-electron chi connectivity index (χ0n) is 15.0. The number of carbonyl (C=O) groups is 4. The van der Waals surface area contributed by atoms with Crippen molar-refractivity contribution in [2.45, 2.75) is 58.8 Å². The standard InChI is InChI=1S/C19H26N2O4/c1-19(2)10-13(21-5-3-4-6-21)18(15(23)11-19)14(22)7-12-8-16(24)20-17(25)9-12/h12H,3-11H2,1-2H3,(H,20,24,25). The molecule has 0 saturated carbocycles. The van der Waals surface area contributed by atoms with E-state index < -0.39 is 0 Å². The number of imide groups is 1. The summed E-state index contributed by atoms with van der Waals surface area (Å²) in [6.07, 6.45) is 3.69. The predicted octanol–water partition coefficient (Wildman–Crippen LogP) is 1.74. The van der Waals surface area contributed by atoms with Crippen LogP contribution in [0.25, 0.3) is 0 Å². The summed E-state index contributed by atoms with van der Waals surface area (Å²) in [7, 11) is 0. The van der Waals surface area contributed by atoms with E-state index in [1.54, 1.807) is 0 Å². The van der Waals surface area contributed by atoms with E-state index in [9.17, 15) is 19.2 Å². The van der Waals surface area contributed by atoms with Gasteiger partial charge >= 0.3 is 0 Å². The number of amides is 2. The van der Waals surface area contributed by atoms with Crippen LogP contribution in [0.4, 0.5) is 0 Å². The highest BCUT2D eigenvalue weighted by Crippen LogP contribution is 2.40. The van der Waals surface area contributed by atoms with Gasteiger partial charge in [0.1, 0.15) is 0 Å². The predicted molar refractivity (Wildman–Crippen MR) is 91.4 cm³/mol. The van der Waals surface area contributed by atoms with Gasteiger partial charge in [0.15, 0.2) is 11.6 Å². The zero-order chi connectivity index (χ0) is 18.2. The Hall–Kier alpha value is -1.98. The minimum absolute atomic E-state index is 0.0882. The molecule has 2 amide bonds. The van der Waals surface area contributed by atoms with E-state index in [1.165, 1.54) is 0 Å². The Morgan fingerprint density at radius 2 is 1.68 bits per heavy atom. The fourth-order valence-corrected chi connectivity index (χ4v) is 4.22. The number of nitrogens with zero attached hydrogens (tertiary/aromatic N) is 1. The van der Waals surface area contributed by atoms with Gasteiger partial charge in [-0.1, -0.05) is 13.8 Å². The van der Waals surface area contributed by atoms with Crippen LogP contribution in [0.1, 0.15) is 58.8 Å². The highest BCUT2D eigenvalue weighted by molar-refractivity contribution is 6.21. The summed E-state index contributed by atoms with van der Waals surface area (Å²) in [4.78, 5) is 50.9. The molecule has 0 aromatic heterocycles. The molecule has 0 bridgehead atoms. The molecular weight excluding hydrogens is 320 g/mol. The summed E-state index contributed by atoms with van der Waals surface area (Å²) in [5.41, 5.74) is 1.08. The molecule has 2 fully saturated rings. The molecule has 0 aromatic rings. The molecule has 3 aliphatic rings. The Balaban J connectivity index is 1.84. The van der Waals surface area contributed by atoms with Crippen molar-refractivity contribution in [1.29, 1.82) is 0 Å². The third-order valence-electron chi connectivity index (χ3n) is 5.32. The first kappa shape index (κ1) is 17.8. The van der Waals surface area contributed by atoms with Gasteiger partial charge in [0.05, 0.1) is 5.57 Å². The Kier molecular flexibility index (Phi) is 4.80. The summed E-state index contributed by atoms with van der Waals surface area (Å²) in [5.74, 6) is -1.26. The van der Waals surface area contributed by atoms with E-state index in [0.29, 0.717) is 12.0 Å². The van der Waals surface area contributed by atoms with Gasteiger partial charge in [0, 0.05) is 44.5 Å². The first-order valence-electron chi connectivity index (χ1n) is 9.12. The lowest BCUT2D eigenvalue weighted by atomic mass is 9.73. The van der Waals surface area contributed by atoms with Crippen LogP contribution in [0.3, 0.4) is 0 Å². The van der Waals surface area contributed by atoms with Crippen LogP contribution in [0.15, 0.2) is 11.3 Å². The Morgan fingerprint density at radius 3 is 2.28 bits per heavy atom. The minimum Gasteiger partial charge on any atom is -0.374 e. The molecule has 2 aliphatic heterocycles. The zero-order valence-corrected chi connectivity index (χ0v) is 15.0. The van der Waals surface area contributed by atoms with Gasteiger partial charge in [0.2, 0.25) is 11.8 Å². The molecule has 6 heteroatoms. The van der Waals surface area contributed by atoms with Gasteiger partial charge in [-0.25, -0.2) is 0 Å². The van der Waals surface area contributed by atoms with Crippen LogP contribution in [0, 0.1) is 11.3 Å². The molecule has 1 aliphatic carbocycles. The SMILES string of the molecule is CC1(C)CC(=O)C(C(=O)CC2CC(=O)NC(=O)C2)=C(N2CCCC2)C1. The number of rotatable bonds is 4. The van der Waals surface area contributed by atoms with Crippen molar-refractivity contribution in [2.75, 3.05) is 13.1 Å². The normalized spacial score (nSPS) is 24.7. The smallest absolute Gasteiger partial charge is 0.226 e. The van der Waals surface area contributed by atoms with Crippen molar-refractivity contribution in [3.05, 3.63) is 11.3 Å². The quantitative estimate of drug-likeness (QED) is 0.619. The molecule has 2 saturated heterocycles. The first-order chi connectivity index (χ1) is 11.7. The van der Waals surface area contributed by atoms with Crippen molar-refractivity contribution < 1.29 is 19.2 Å². The number of Topliss-reactive ketones (excluding diaryl/α,β-unsaturated/α-hetero) is 2. The van der Waals surface area contributed by atoms with Crippen LogP contribution >= 0.6 is 0 Å². The van der Waals surface area contributed by atoms with Crippen LogP contribution in [0.2, 0.25) is 0 Å². The number of ketones is 2. The highest BCUT2D eigenvalue weighted by atomic mass is 16.2. The maximum Gasteiger partial charge on any atom is 0.226 e. The van der Waals surface area contributed by atoms with Crippen molar-refractivity contribution in [3.8, 4) is 0 Å². The Morgan fingerprint density at radius 1 is 1.08 bits per heavy atom. The van der Waals surface area contributed by atoms with E-state index >= 15 is 0 Å². The lowest BCUT2D eigenvalue weighted by Gasteiger charge is -2.36. The topological polar surface area (TPSA) is 83.5 Å². The number of hydrogen-bond donors (Lipinski definition) is 1. The molecule has 2 heterocycles. The van der Waals surface area contributed by atoms with E-state index in [-0.39, 0.29) is 54.0 Å². The number of carbonyl (C=O) groups excluding carboxylic acids is 4. The Bertz CT molecular complexity index is 640. The van der Waals surface area contributed by atoms with Gasteiger partial charge < -0.3 is 4.90 Å². The van der Waals surface area contributed by atoms with Crippen molar-refractivity contribution in [3.63, 3.8) is 0 Å². The summed E-state index contributed by atoms with van der Waals surface area (Å²) in [6.45, 7) is 5.90. The summed E-state index contributed by atoms with van der Waals surface area (Å²) in [5, 5.41) is 2.26. The fourth-order valence-electron chi connectivity index (χ4n) is 4.22. The third-order valence-corrected chi connectivity index (χ3v) is 5.32. The van der Waals surface area contributed by atoms with Gasteiger partial charge in [-0.05, 0) is 30.6 Å². The van der Waals surface area contributed by atoms with Crippen LogP contribution < -0.4 is 5.32 Å². The number of allylic oxidation sites excluding steroid dienone is 2. The number of hydrogen-bond acceptors (Lipinski definition) is 5. The molecule has 0 unspecified atom stereocenters. The van der Waals surface area contributed by atoms with Gasteiger partial charge in [-0.2, -0.15) is 0 Å². The third kappa shape index (κ3) is 3.99. The van der Waals surface area contributed by atoms with E-state index in [4.69, 9.17) is 0 Å².